The molecule has 1 atom stereocenters. The minimum Gasteiger partial charge on any atom is -0.478 e. The Morgan fingerprint density at radius 1 is 1.44 bits per heavy atom. The van der Waals surface area contributed by atoms with Crippen LogP contribution in [0.2, 0.25) is 5.02 Å². The second kappa shape index (κ2) is 7.19. The van der Waals surface area contributed by atoms with Crippen LogP contribution >= 0.6 is 38.9 Å². The highest BCUT2D eigenvalue weighted by Gasteiger charge is 2.32. The number of halogens is 4. The number of aliphatic carboxylic acids is 1. The molecular formula is C15H9BrClF2N3O2S. The number of carboxylic acids is 1. The zero-order valence-corrected chi connectivity index (χ0v) is 15.4. The summed E-state index contributed by atoms with van der Waals surface area (Å²) in [7, 11) is 0. The number of rotatable bonds is 4. The SMILES string of the molecule is O=C(O)C1=C(CBr)NC(c2ncc(F)s2)=NC1c1ccc(F)cc1Cl. The van der Waals surface area contributed by atoms with Gasteiger partial charge in [-0.15, -0.1) is 0 Å². The largest absolute Gasteiger partial charge is 0.478 e. The maximum atomic E-state index is 13.3. The molecule has 1 unspecified atom stereocenters. The van der Waals surface area contributed by atoms with Crippen LogP contribution in [-0.4, -0.2) is 27.2 Å². The van der Waals surface area contributed by atoms with Gasteiger partial charge in [0, 0.05) is 21.6 Å². The number of carboxylic acid groups (broad SMARTS) is 1. The Balaban J connectivity index is 2.16. The zero-order valence-electron chi connectivity index (χ0n) is 12.3. The van der Waals surface area contributed by atoms with Gasteiger partial charge in [0.1, 0.15) is 11.9 Å². The molecule has 3 rings (SSSR count). The van der Waals surface area contributed by atoms with E-state index in [4.69, 9.17) is 11.6 Å². The first kappa shape index (κ1) is 18.0. The molecule has 0 fully saturated rings. The number of carbonyl (C=O) groups is 1. The predicted octanol–water partition coefficient (Wildman–Crippen LogP) is 3.90. The van der Waals surface area contributed by atoms with Gasteiger partial charge in [-0.3, -0.25) is 4.99 Å². The molecule has 1 aromatic carbocycles. The molecule has 1 aliphatic heterocycles. The lowest BCUT2D eigenvalue weighted by Crippen LogP contribution is -2.34. The van der Waals surface area contributed by atoms with Crippen molar-refractivity contribution in [2.24, 2.45) is 4.99 Å². The molecule has 0 radical (unpaired) electrons. The van der Waals surface area contributed by atoms with Crippen molar-refractivity contribution in [1.82, 2.24) is 10.3 Å². The first-order chi connectivity index (χ1) is 11.9. The van der Waals surface area contributed by atoms with E-state index in [1.165, 1.54) is 12.1 Å². The first-order valence-electron chi connectivity index (χ1n) is 6.84. The topological polar surface area (TPSA) is 74.6 Å². The van der Waals surface area contributed by atoms with E-state index in [2.05, 4.69) is 31.2 Å². The fourth-order valence-electron chi connectivity index (χ4n) is 2.37. The molecule has 2 aromatic rings. The molecule has 5 nitrogen and oxygen atoms in total. The minimum absolute atomic E-state index is 0.0360. The molecule has 0 bridgehead atoms. The summed E-state index contributed by atoms with van der Waals surface area (Å²) in [5.74, 6) is -1.52. The lowest BCUT2D eigenvalue weighted by molar-refractivity contribution is -0.133. The Labute approximate surface area is 158 Å². The molecule has 0 amide bonds. The van der Waals surface area contributed by atoms with Gasteiger partial charge >= 0.3 is 5.97 Å². The third-order valence-electron chi connectivity index (χ3n) is 3.43. The molecule has 1 aliphatic rings. The quantitative estimate of drug-likeness (QED) is 0.696. The molecule has 0 spiro atoms. The van der Waals surface area contributed by atoms with Crippen LogP contribution in [0.3, 0.4) is 0 Å². The highest BCUT2D eigenvalue weighted by molar-refractivity contribution is 9.09. The number of hydrogen-bond donors (Lipinski definition) is 2. The Bertz CT molecular complexity index is 916. The summed E-state index contributed by atoms with van der Waals surface area (Å²) < 4.78 is 26.6. The van der Waals surface area contributed by atoms with Crippen LogP contribution in [0.25, 0.3) is 0 Å². The summed E-state index contributed by atoms with van der Waals surface area (Å²) >= 11 is 10.1. The van der Waals surface area contributed by atoms with Gasteiger partial charge in [0.15, 0.2) is 16.0 Å². The molecule has 130 valence electrons. The number of nitrogens with one attached hydrogen (secondary N) is 1. The van der Waals surface area contributed by atoms with E-state index < -0.39 is 23.0 Å². The van der Waals surface area contributed by atoms with Gasteiger partial charge in [-0.1, -0.05) is 44.9 Å². The smallest absolute Gasteiger partial charge is 0.335 e. The molecule has 0 aliphatic carbocycles. The van der Waals surface area contributed by atoms with E-state index >= 15 is 0 Å². The van der Waals surface area contributed by atoms with E-state index in [0.717, 1.165) is 23.6 Å². The second-order valence-corrected chi connectivity index (χ2v) is 6.92. The van der Waals surface area contributed by atoms with Crippen molar-refractivity contribution in [3.8, 4) is 0 Å². The summed E-state index contributed by atoms with van der Waals surface area (Å²) in [6.45, 7) is 0. The van der Waals surface area contributed by atoms with E-state index in [-0.39, 0.29) is 26.8 Å². The van der Waals surface area contributed by atoms with Crippen molar-refractivity contribution in [1.29, 1.82) is 0 Å². The van der Waals surface area contributed by atoms with Crippen LogP contribution in [-0.2, 0) is 4.79 Å². The van der Waals surface area contributed by atoms with Crippen LogP contribution in [0.4, 0.5) is 8.78 Å². The number of aromatic nitrogens is 1. The molecular weight excluding hydrogens is 440 g/mol. The average Bonchev–Trinajstić information content (AvgIpc) is 3.00. The molecule has 0 saturated carbocycles. The molecule has 25 heavy (non-hydrogen) atoms. The molecule has 0 saturated heterocycles. The molecule has 10 heteroatoms. The van der Waals surface area contributed by atoms with Crippen molar-refractivity contribution in [2.45, 2.75) is 6.04 Å². The standard InChI is InChI=1S/C15H9BrClF2N3O2S/c16-4-9-11(15(23)24)12(7-2-1-6(18)3-8(7)17)22-13(21-9)14-20-5-10(19)25-14/h1-3,5,12H,4H2,(H,21,22)(H,23,24). The van der Waals surface area contributed by atoms with Gasteiger partial charge in [0.25, 0.3) is 0 Å². The van der Waals surface area contributed by atoms with Crippen molar-refractivity contribution < 1.29 is 18.7 Å². The number of nitrogens with zero attached hydrogens (tertiary/aromatic N) is 2. The second-order valence-electron chi connectivity index (χ2n) is 4.97. The maximum Gasteiger partial charge on any atom is 0.335 e. The Morgan fingerprint density at radius 2 is 2.20 bits per heavy atom. The van der Waals surface area contributed by atoms with E-state index in [1.807, 2.05) is 0 Å². The van der Waals surface area contributed by atoms with Crippen LogP contribution in [0, 0.1) is 10.9 Å². The lowest BCUT2D eigenvalue weighted by Gasteiger charge is -2.25. The predicted molar refractivity (Wildman–Crippen MR) is 94.4 cm³/mol. The first-order valence-corrected chi connectivity index (χ1v) is 9.16. The van der Waals surface area contributed by atoms with Gasteiger partial charge in [-0.25, -0.2) is 14.2 Å². The monoisotopic (exact) mass is 447 g/mol. The van der Waals surface area contributed by atoms with Gasteiger partial charge in [-0.05, 0) is 12.1 Å². The number of aliphatic imine (C=N–C) groups is 1. The third kappa shape index (κ3) is 3.58. The zero-order chi connectivity index (χ0) is 18.1. The summed E-state index contributed by atoms with van der Waals surface area (Å²) in [6, 6.07) is 2.66. The van der Waals surface area contributed by atoms with Gasteiger partial charge in [0.2, 0.25) is 0 Å². The van der Waals surface area contributed by atoms with Crippen molar-refractivity contribution in [3.63, 3.8) is 0 Å². The average molecular weight is 449 g/mol. The number of benzene rings is 1. The number of thiazole rings is 1. The van der Waals surface area contributed by atoms with Crippen LogP contribution in [0.5, 0.6) is 0 Å². The summed E-state index contributed by atoms with van der Waals surface area (Å²) in [5.41, 5.74) is 0.625. The van der Waals surface area contributed by atoms with Gasteiger partial charge < -0.3 is 10.4 Å². The van der Waals surface area contributed by atoms with Crippen molar-refractivity contribution in [3.05, 3.63) is 62.2 Å². The van der Waals surface area contributed by atoms with Crippen LogP contribution in [0.1, 0.15) is 16.6 Å². The molecule has 2 N–H and O–H groups in total. The Kier molecular flexibility index (Phi) is 5.16. The van der Waals surface area contributed by atoms with Gasteiger partial charge in [-0.2, -0.15) is 4.39 Å². The van der Waals surface area contributed by atoms with E-state index in [0.29, 0.717) is 11.3 Å². The van der Waals surface area contributed by atoms with Crippen molar-refractivity contribution >= 4 is 50.7 Å². The summed E-state index contributed by atoms with van der Waals surface area (Å²) in [6.07, 6.45) is 1.05. The Hall–Kier alpha value is -1.84. The molecule has 1 aromatic heterocycles. The fraction of sp³-hybridized carbons (Fsp3) is 0.133. The van der Waals surface area contributed by atoms with Crippen molar-refractivity contribution in [2.75, 3.05) is 5.33 Å². The summed E-state index contributed by atoms with van der Waals surface area (Å²) in [4.78, 5) is 20.0. The number of amidine groups is 1. The third-order valence-corrected chi connectivity index (χ3v) is 5.11. The number of alkyl halides is 1. The fourth-order valence-corrected chi connectivity index (χ4v) is 3.68. The van der Waals surface area contributed by atoms with E-state index in [9.17, 15) is 18.7 Å². The van der Waals surface area contributed by atoms with E-state index in [1.54, 1.807) is 0 Å². The maximum absolute atomic E-state index is 13.3. The number of allylic oxidation sites excluding steroid dienone is 1. The normalized spacial score (nSPS) is 17.3. The molecule has 2 heterocycles. The highest BCUT2D eigenvalue weighted by Crippen LogP contribution is 2.36. The van der Waals surface area contributed by atoms with Gasteiger partial charge in [0.05, 0.1) is 11.8 Å². The highest BCUT2D eigenvalue weighted by atomic mass is 79.9. The summed E-state index contributed by atoms with van der Waals surface area (Å²) in [5, 5.41) is 12.5. The Morgan fingerprint density at radius 3 is 2.76 bits per heavy atom. The van der Waals surface area contributed by atoms with Crippen LogP contribution in [0.15, 0.2) is 40.7 Å². The lowest BCUT2D eigenvalue weighted by atomic mass is 9.96. The number of hydrogen-bond acceptors (Lipinski definition) is 5. The minimum atomic E-state index is -1.19. The van der Waals surface area contributed by atoms with Crippen LogP contribution < -0.4 is 5.32 Å².